The van der Waals surface area contributed by atoms with E-state index in [1.165, 1.54) is 0 Å². The molecule has 1 aromatic rings. The molecule has 7 nitrogen and oxygen atoms in total. The summed E-state index contributed by atoms with van der Waals surface area (Å²) in [6.45, 7) is 11.2. The number of carboxylic acid groups (broad SMARTS) is 1. The molecule has 3 aliphatic heterocycles. The fourth-order valence-corrected chi connectivity index (χ4v) is 5.23. The molecule has 4 rings (SSSR count). The van der Waals surface area contributed by atoms with Gasteiger partial charge in [-0.1, -0.05) is 32.1 Å². The summed E-state index contributed by atoms with van der Waals surface area (Å²) in [4.78, 5) is 25.5. The van der Waals surface area contributed by atoms with Crippen LogP contribution in [0.25, 0.3) is 0 Å². The van der Waals surface area contributed by atoms with E-state index in [-0.39, 0.29) is 29.1 Å². The second-order valence-electron chi connectivity index (χ2n) is 9.52. The minimum atomic E-state index is -1.44. The summed E-state index contributed by atoms with van der Waals surface area (Å²) in [6.07, 6.45) is 6.51. The molecule has 0 spiro atoms. The van der Waals surface area contributed by atoms with Gasteiger partial charge in [-0.3, -0.25) is 4.79 Å². The Balaban J connectivity index is 1.85. The van der Waals surface area contributed by atoms with Crippen LogP contribution in [0, 0.1) is 12.8 Å². The van der Waals surface area contributed by atoms with Crippen LogP contribution in [0.2, 0.25) is 0 Å². The van der Waals surface area contributed by atoms with Crippen LogP contribution in [0.1, 0.15) is 69.8 Å². The number of hydrogen-bond donors (Lipinski definition) is 2. The molecule has 1 aromatic carbocycles. The third-order valence-corrected chi connectivity index (χ3v) is 7.22. The number of aromatic hydroxyl groups is 1. The Kier molecular flexibility index (Phi) is 6.10. The van der Waals surface area contributed by atoms with Crippen molar-refractivity contribution < 1.29 is 34.0 Å². The van der Waals surface area contributed by atoms with Gasteiger partial charge in [-0.05, 0) is 51.3 Å². The molecule has 34 heavy (non-hydrogen) atoms. The molecule has 0 unspecified atom stereocenters. The van der Waals surface area contributed by atoms with Crippen LogP contribution in [-0.2, 0) is 19.1 Å². The summed E-state index contributed by atoms with van der Waals surface area (Å²) in [6, 6.07) is 1.58. The van der Waals surface area contributed by atoms with E-state index < -0.39 is 35.5 Å². The van der Waals surface area contributed by atoms with Gasteiger partial charge < -0.3 is 24.4 Å². The van der Waals surface area contributed by atoms with E-state index in [1.54, 1.807) is 38.1 Å². The molecular weight excluding hydrogens is 436 g/mol. The number of phenols is 1. The van der Waals surface area contributed by atoms with Gasteiger partial charge in [0.1, 0.15) is 35.0 Å². The third-order valence-electron chi connectivity index (χ3n) is 7.22. The summed E-state index contributed by atoms with van der Waals surface area (Å²) in [5.74, 6) is -1.86. The molecule has 0 bridgehead atoms. The Morgan fingerprint density at radius 3 is 2.53 bits per heavy atom. The lowest BCUT2D eigenvalue weighted by Gasteiger charge is -2.46. The lowest BCUT2D eigenvalue weighted by Crippen LogP contribution is -2.43. The number of phenolic OH excluding ortho intramolecular Hbond substituents is 1. The van der Waals surface area contributed by atoms with Gasteiger partial charge in [0.2, 0.25) is 5.78 Å². The molecule has 2 N–H and O–H groups in total. The number of carboxylic acids is 1. The number of hydrogen-bond acceptors (Lipinski definition) is 6. The number of Topliss-reactive ketones (excluding diaryl/α,β-unsaturated/α-hetero) is 1. The van der Waals surface area contributed by atoms with Crippen LogP contribution >= 0.6 is 0 Å². The van der Waals surface area contributed by atoms with Gasteiger partial charge in [0.05, 0.1) is 12.0 Å². The van der Waals surface area contributed by atoms with E-state index in [0.717, 1.165) is 23.1 Å². The van der Waals surface area contributed by atoms with E-state index in [2.05, 4.69) is 0 Å². The number of allylic oxidation sites excluding steroid dienone is 3. The molecule has 182 valence electrons. The standard InChI is InChI=1S/C27H32O7/c1-7-8-9-10-11-27(6)25(29)22(26(30)31)24(34-27)20-16(5)32-18-12-17(28)14(3)19-13(2)15(4)33-23(20)21(18)19/h8-13,15-16,20,23,28H,7H2,1-6H3,(H,30,31)/b9-8+,11-10+/t13-,15-,16-,20-,23+,27-/m1/s1. The summed E-state index contributed by atoms with van der Waals surface area (Å²) in [5.41, 5.74) is 0.650. The number of carbonyl (C=O) groups is 2. The Bertz CT molecular complexity index is 1130. The van der Waals surface area contributed by atoms with Crippen LogP contribution in [0.3, 0.4) is 0 Å². The molecule has 0 aromatic heterocycles. The predicted molar refractivity (Wildman–Crippen MR) is 126 cm³/mol. The van der Waals surface area contributed by atoms with Gasteiger partial charge in [0.15, 0.2) is 5.60 Å². The highest BCUT2D eigenvalue weighted by Gasteiger charge is 2.55. The van der Waals surface area contributed by atoms with Gasteiger partial charge in [-0.2, -0.15) is 0 Å². The molecule has 0 amide bonds. The first-order chi connectivity index (χ1) is 16.0. The largest absolute Gasteiger partial charge is 0.508 e. The maximum atomic E-state index is 13.3. The van der Waals surface area contributed by atoms with Crippen molar-refractivity contribution in [3.05, 3.63) is 58.4 Å². The highest BCUT2D eigenvalue weighted by atomic mass is 16.5. The zero-order valence-electron chi connectivity index (χ0n) is 20.4. The van der Waals surface area contributed by atoms with Crippen LogP contribution in [0.15, 0.2) is 41.7 Å². The third kappa shape index (κ3) is 3.63. The molecule has 0 saturated carbocycles. The molecular formula is C27H32O7. The smallest absolute Gasteiger partial charge is 0.343 e. The number of ketones is 1. The maximum Gasteiger partial charge on any atom is 0.343 e. The SMILES string of the molecule is CC/C=C/C=C/[C@@]1(C)OC([C@H]2[C@@H]3O[C@H](C)[C@@H](C)c4c(C)c(O)cc(c43)O[C@@H]2C)=C(C(=O)O)C1=O. The first kappa shape index (κ1) is 24.1. The van der Waals surface area contributed by atoms with E-state index in [4.69, 9.17) is 14.2 Å². The van der Waals surface area contributed by atoms with Crippen LogP contribution in [0.4, 0.5) is 0 Å². The maximum absolute atomic E-state index is 13.3. The molecule has 0 radical (unpaired) electrons. The number of ether oxygens (including phenoxy) is 3. The molecule has 3 heterocycles. The van der Waals surface area contributed by atoms with Crippen molar-refractivity contribution in [2.75, 3.05) is 0 Å². The van der Waals surface area contributed by atoms with Gasteiger partial charge >= 0.3 is 5.97 Å². The fourth-order valence-electron chi connectivity index (χ4n) is 5.23. The Morgan fingerprint density at radius 2 is 1.88 bits per heavy atom. The quantitative estimate of drug-likeness (QED) is 0.469. The number of benzene rings is 1. The van der Waals surface area contributed by atoms with Crippen LogP contribution in [-0.4, -0.2) is 39.8 Å². The average Bonchev–Trinajstić information content (AvgIpc) is 3.02. The molecule has 0 saturated heterocycles. The minimum Gasteiger partial charge on any atom is -0.508 e. The first-order valence-corrected chi connectivity index (χ1v) is 11.8. The van der Waals surface area contributed by atoms with Crippen molar-refractivity contribution in [3.8, 4) is 11.5 Å². The van der Waals surface area contributed by atoms with E-state index in [0.29, 0.717) is 5.75 Å². The van der Waals surface area contributed by atoms with Crippen molar-refractivity contribution in [2.24, 2.45) is 5.92 Å². The Morgan fingerprint density at radius 1 is 1.18 bits per heavy atom. The monoisotopic (exact) mass is 468 g/mol. The molecule has 6 atom stereocenters. The number of rotatable bonds is 5. The van der Waals surface area contributed by atoms with Crippen molar-refractivity contribution in [3.63, 3.8) is 0 Å². The summed E-state index contributed by atoms with van der Waals surface area (Å²) in [7, 11) is 0. The molecule has 7 heteroatoms. The van der Waals surface area contributed by atoms with Crippen molar-refractivity contribution in [1.82, 2.24) is 0 Å². The van der Waals surface area contributed by atoms with Gasteiger partial charge in [-0.25, -0.2) is 4.79 Å². The first-order valence-electron chi connectivity index (χ1n) is 11.8. The summed E-state index contributed by atoms with van der Waals surface area (Å²) >= 11 is 0. The second kappa shape index (κ2) is 8.62. The van der Waals surface area contributed by atoms with Crippen molar-refractivity contribution in [1.29, 1.82) is 0 Å². The topological polar surface area (TPSA) is 102 Å². The van der Waals surface area contributed by atoms with E-state index >= 15 is 0 Å². The lowest BCUT2D eigenvalue weighted by molar-refractivity contribution is -0.135. The summed E-state index contributed by atoms with van der Waals surface area (Å²) < 4.78 is 18.8. The van der Waals surface area contributed by atoms with Gasteiger partial charge in [0.25, 0.3) is 0 Å². The Hall–Kier alpha value is -3.06. The normalized spacial score (nSPS) is 32.8. The molecule has 0 aliphatic carbocycles. The number of aliphatic carboxylic acids is 1. The average molecular weight is 469 g/mol. The Labute approximate surface area is 199 Å². The highest BCUT2D eigenvalue weighted by molar-refractivity contribution is 6.22. The second-order valence-corrected chi connectivity index (χ2v) is 9.52. The van der Waals surface area contributed by atoms with Crippen molar-refractivity contribution >= 4 is 11.8 Å². The van der Waals surface area contributed by atoms with Gasteiger partial charge in [-0.15, -0.1) is 0 Å². The predicted octanol–water partition coefficient (Wildman–Crippen LogP) is 4.88. The zero-order chi connectivity index (χ0) is 24.9. The molecule has 3 aliphatic rings. The van der Waals surface area contributed by atoms with Crippen molar-refractivity contribution in [2.45, 2.75) is 77.8 Å². The van der Waals surface area contributed by atoms with E-state index in [1.807, 2.05) is 33.8 Å². The van der Waals surface area contributed by atoms with Gasteiger partial charge in [0, 0.05) is 17.5 Å². The zero-order valence-corrected chi connectivity index (χ0v) is 20.4. The molecule has 0 fully saturated rings. The lowest BCUT2D eigenvalue weighted by atomic mass is 9.76. The summed E-state index contributed by atoms with van der Waals surface area (Å²) in [5, 5.41) is 20.5. The number of carbonyl (C=O) groups excluding carboxylic acids is 1. The minimum absolute atomic E-state index is 0.00707. The van der Waals surface area contributed by atoms with Crippen LogP contribution < -0.4 is 4.74 Å². The van der Waals surface area contributed by atoms with E-state index in [9.17, 15) is 19.8 Å². The fraction of sp³-hybridized carbons (Fsp3) is 0.481. The highest BCUT2D eigenvalue weighted by Crippen LogP contribution is 2.55. The van der Waals surface area contributed by atoms with Crippen LogP contribution in [0.5, 0.6) is 11.5 Å².